The lowest BCUT2D eigenvalue weighted by Gasteiger charge is -2.42. The molecule has 2 aromatic heterocycles. The first-order chi connectivity index (χ1) is 17.6. The molecule has 4 aliphatic rings. The van der Waals surface area contributed by atoms with Crippen LogP contribution in [0, 0.1) is 0 Å². The number of ether oxygens (including phenoxy) is 2. The molecule has 0 saturated carbocycles. The van der Waals surface area contributed by atoms with Gasteiger partial charge in [-0.2, -0.15) is 15.0 Å². The summed E-state index contributed by atoms with van der Waals surface area (Å²) < 4.78 is 26.1. The van der Waals surface area contributed by atoms with Gasteiger partial charge in [-0.3, -0.25) is 9.80 Å². The van der Waals surface area contributed by atoms with Crippen LogP contribution in [-0.2, 0) is 4.74 Å². The fourth-order valence-corrected chi connectivity index (χ4v) is 6.63. The topological polar surface area (TPSA) is 96.8 Å². The van der Waals surface area contributed by atoms with Gasteiger partial charge in [0.15, 0.2) is 5.65 Å². The van der Waals surface area contributed by atoms with E-state index in [2.05, 4.69) is 24.8 Å². The molecule has 6 heterocycles. The molecule has 12 heteroatoms. The quantitative estimate of drug-likeness (QED) is 0.546. The molecule has 0 aliphatic carbocycles. The average molecular weight is 534 g/mol. The van der Waals surface area contributed by atoms with E-state index in [1.54, 1.807) is 6.20 Å². The van der Waals surface area contributed by atoms with Crippen molar-refractivity contribution in [3.05, 3.63) is 11.5 Å². The fraction of sp³-hybridized carbons (Fsp3) is 0.720. The number of carbonyl (C=O) groups is 1. The van der Waals surface area contributed by atoms with Crippen LogP contribution in [-0.4, -0.2) is 98.0 Å². The van der Waals surface area contributed by atoms with E-state index in [4.69, 9.17) is 26.1 Å². The summed E-state index contributed by atoms with van der Waals surface area (Å²) in [7, 11) is 0. The van der Waals surface area contributed by atoms with Gasteiger partial charge in [-0.15, -0.1) is 0 Å². The highest BCUT2D eigenvalue weighted by atomic mass is 35.5. The number of halogens is 2. The lowest BCUT2D eigenvalue weighted by atomic mass is 9.95. The van der Waals surface area contributed by atoms with Gasteiger partial charge in [0, 0.05) is 32.3 Å². The Morgan fingerprint density at radius 2 is 1.95 bits per heavy atom. The Morgan fingerprint density at radius 1 is 1.19 bits per heavy atom. The monoisotopic (exact) mass is 533 g/mol. The average Bonchev–Trinajstić information content (AvgIpc) is 3.43. The summed E-state index contributed by atoms with van der Waals surface area (Å²) in [6.45, 7) is 8.53. The van der Waals surface area contributed by atoms with Crippen molar-refractivity contribution in [1.29, 1.82) is 0 Å². The number of hydrogen-bond donors (Lipinski definition) is 0. The summed E-state index contributed by atoms with van der Waals surface area (Å²) in [5.41, 5.74) is -0.452. The zero-order valence-electron chi connectivity index (χ0n) is 21.5. The minimum Gasteiger partial charge on any atom is -0.461 e. The van der Waals surface area contributed by atoms with Gasteiger partial charge in [-0.25, -0.2) is 14.2 Å². The van der Waals surface area contributed by atoms with Gasteiger partial charge in [-0.05, 0) is 64.6 Å². The first kappa shape index (κ1) is 24.8. The van der Waals surface area contributed by atoms with Crippen LogP contribution in [0.3, 0.4) is 0 Å². The Morgan fingerprint density at radius 3 is 2.68 bits per heavy atom. The van der Waals surface area contributed by atoms with Gasteiger partial charge in [0.25, 0.3) is 0 Å². The number of carbonyl (C=O) groups excluding carboxylic acids is 1. The van der Waals surface area contributed by atoms with Crippen LogP contribution in [0.5, 0.6) is 6.01 Å². The third-order valence-electron chi connectivity index (χ3n) is 8.00. The highest BCUT2D eigenvalue weighted by Crippen LogP contribution is 2.41. The molecular weight excluding hydrogens is 501 g/mol. The van der Waals surface area contributed by atoms with Crippen LogP contribution in [0.1, 0.15) is 52.9 Å². The number of piperazine rings is 1. The van der Waals surface area contributed by atoms with E-state index in [-0.39, 0.29) is 35.0 Å². The normalized spacial score (nSPS) is 29.7. The molecule has 0 spiro atoms. The van der Waals surface area contributed by atoms with Crippen molar-refractivity contribution in [2.45, 2.75) is 82.3 Å². The third-order valence-corrected chi connectivity index (χ3v) is 8.18. The van der Waals surface area contributed by atoms with Gasteiger partial charge in [0.1, 0.15) is 24.2 Å². The number of anilines is 1. The molecule has 4 saturated heterocycles. The molecule has 10 nitrogen and oxygen atoms in total. The van der Waals surface area contributed by atoms with Gasteiger partial charge < -0.3 is 14.4 Å². The Labute approximate surface area is 220 Å². The summed E-state index contributed by atoms with van der Waals surface area (Å²) in [5, 5.41) is 0.766. The standard InChI is InChI=1S/C25H33ClFN7O3/c1-24(2,3)37-23(35)34-16-5-6-17(34)13-32(12-16)20-18-10-28-21(26)29-19(18)30-22(31-20)36-14-25-7-4-8-33(25)11-15(27)9-25/h10,15-17H,4-9,11-14H2,1-3H3/t15-,16-,17+,25+/m1/s1. The molecule has 0 aromatic carbocycles. The predicted octanol–water partition coefficient (Wildman–Crippen LogP) is 3.62. The van der Waals surface area contributed by atoms with Crippen molar-refractivity contribution in [3.8, 4) is 6.01 Å². The predicted molar refractivity (Wildman–Crippen MR) is 136 cm³/mol. The SMILES string of the molecule is CC(C)(C)OC(=O)N1[C@@H]2CC[C@H]1CN(c1nc(OC[C@@]34CCCN3C[C@H](F)C4)nc3nc(Cl)ncc13)C2. The minimum absolute atomic E-state index is 0.0158. The zero-order chi connectivity index (χ0) is 25.9. The second-order valence-corrected chi connectivity index (χ2v) is 12.1. The lowest BCUT2D eigenvalue weighted by Crippen LogP contribution is -2.57. The van der Waals surface area contributed by atoms with Crippen molar-refractivity contribution < 1.29 is 18.7 Å². The largest absolute Gasteiger partial charge is 0.461 e. The van der Waals surface area contributed by atoms with E-state index in [0.717, 1.165) is 32.2 Å². The van der Waals surface area contributed by atoms with E-state index in [0.29, 0.717) is 49.5 Å². The van der Waals surface area contributed by atoms with E-state index in [1.807, 2.05) is 25.7 Å². The first-order valence-electron chi connectivity index (χ1n) is 13.1. The van der Waals surface area contributed by atoms with Crippen molar-refractivity contribution >= 4 is 34.5 Å². The number of alkyl halides is 1. The number of fused-ring (bicyclic) bond motifs is 4. The summed E-state index contributed by atoms with van der Waals surface area (Å²) in [6, 6.07) is 0.229. The maximum absolute atomic E-state index is 14.2. The molecule has 0 radical (unpaired) electrons. The van der Waals surface area contributed by atoms with Gasteiger partial charge in [0.05, 0.1) is 23.0 Å². The number of amides is 1. The third kappa shape index (κ3) is 4.65. The van der Waals surface area contributed by atoms with E-state index in [9.17, 15) is 9.18 Å². The first-order valence-corrected chi connectivity index (χ1v) is 13.5. The van der Waals surface area contributed by atoms with Gasteiger partial charge in [-0.1, -0.05) is 0 Å². The second-order valence-electron chi connectivity index (χ2n) is 11.7. The molecule has 4 atom stereocenters. The van der Waals surface area contributed by atoms with Crippen LogP contribution in [0.4, 0.5) is 15.0 Å². The van der Waals surface area contributed by atoms with Crippen molar-refractivity contribution in [2.24, 2.45) is 0 Å². The van der Waals surface area contributed by atoms with Crippen LogP contribution >= 0.6 is 11.6 Å². The molecule has 6 rings (SSSR count). The molecule has 0 unspecified atom stereocenters. The molecule has 2 bridgehead atoms. The van der Waals surface area contributed by atoms with Gasteiger partial charge in [0.2, 0.25) is 5.28 Å². The molecule has 4 fully saturated rings. The Kier molecular flexibility index (Phi) is 6.06. The smallest absolute Gasteiger partial charge is 0.410 e. The van der Waals surface area contributed by atoms with Crippen LogP contribution in [0.15, 0.2) is 6.20 Å². The number of nitrogens with zero attached hydrogens (tertiary/aromatic N) is 7. The highest BCUT2D eigenvalue weighted by molar-refractivity contribution is 6.28. The van der Waals surface area contributed by atoms with Crippen molar-refractivity contribution in [2.75, 3.05) is 37.7 Å². The van der Waals surface area contributed by atoms with Gasteiger partial charge >= 0.3 is 12.1 Å². The summed E-state index contributed by atoms with van der Waals surface area (Å²) in [4.78, 5) is 37.0. The Balaban J connectivity index is 1.27. The van der Waals surface area contributed by atoms with Crippen LogP contribution < -0.4 is 9.64 Å². The molecule has 1 amide bonds. The molecule has 200 valence electrons. The lowest BCUT2D eigenvalue weighted by molar-refractivity contribution is 0.0122. The highest BCUT2D eigenvalue weighted by Gasteiger charge is 2.49. The maximum atomic E-state index is 14.2. The van der Waals surface area contributed by atoms with Crippen molar-refractivity contribution in [1.82, 2.24) is 29.7 Å². The summed E-state index contributed by atoms with van der Waals surface area (Å²) >= 11 is 6.10. The maximum Gasteiger partial charge on any atom is 0.410 e. The van der Waals surface area contributed by atoms with E-state index < -0.39 is 11.8 Å². The minimum atomic E-state index is -0.833. The molecular formula is C25H33ClFN7O3. The number of aromatic nitrogens is 4. The second kappa shape index (κ2) is 9.04. The summed E-state index contributed by atoms with van der Waals surface area (Å²) in [5.74, 6) is 0.660. The molecule has 0 N–H and O–H groups in total. The molecule has 2 aromatic rings. The number of rotatable bonds is 4. The zero-order valence-corrected chi connectivity index (χ0v) is 22.2. The fourth-order valence-electron chi connectivity index (χ4n) is 6.50. The van der Waals surface area contributed by atoms with E-state index in [1.165, 1.54) is 0 Å². The van der Waals surface area contributed by atoms with Crippen molar-refractivity contribution in [3.63, 3.8) is 0 Å². The van der Waals surface area contributed by atoms with E-state index >= 15 is 0 Å². The molecule has 37 heavy (non-hydrogen) atoms. The number of hydrogen-bond acceptors (Lipinski definition) is 9. The van der Waals surface area contributed by atoms with Crippen LogP contribution in [0.2, 0.25) is 5.28 Å². The van der Waals surface area contributed by atoms with Crippen LogP contribution in [0.25, 0.3) is 11.0 Å². The Hall–Kier alpha value is -2.53. The Bertz CT molecular complexity index is 1200. The summed E-state index contributed by atoms with van der Waals surface area (Å²) in [6.07, 6.45) is 4.74. The molecule has 4 aliphatic heterocycles.